The molecule has 2 N–H and O–H groups in total. The lowest BCUT2D eigenvalue weighted by Gasteiger charge is -2.25. The highest BCUT2D eigenvalue weighted by Crippen LogP contribution is 2.47. The number of benzene rings is 1. The zero-order chi connectivity index (χ0) is 23.2. The van der Waals surface area contributed by atoms with E-state index in [2.05, 4.69) is 11.2 Å². The standard InChI is InChI=1S/C19H15ClN4O6S2/c1-9-15(11(3-5-21)7-12-16(9)29-8-28-12)24(19-14(20)10(2)23-30-19)18(25)17-13(4-6-31-17)32(22,26)27/h4,6-7H,3,8H2,1-2H3,(H2,22,26,27). The first-order valence-corrected chi connectivity index (χ1v) is 11.8. The van der Waals surface area contributed by atoms with Crippen molar-refractivity contribution in [1.82, 2.24) is 5.16 Å². The van der Waals surface area contributed by atoms with Crippen molar-refractivity contribution >= 4 is 50.4 Å². The van der Waals surface area contributed by atoms with Crippen LogP contribution in [0.2, 0.25) is 5.02 Å². The lowest BCUT2D eigenvalue weighted by Crippen LogP contribution is -2.29. The smallest absolute Gasteiger partial charge is 0.276 e. The Morgan fingerprint density at radius 2 is 2.16 bits per heavy atom. The number of hydrogen-bond donors (Lipinski definition) is 1. The molecule has 32 heavy (non-hydrogen) atoms. The number of halogens is 1. The lowest BCUT2D eigenvalue weighted by molar-refractivity contribution is 0.0995. The van der Waals surface area contributed by atoms with Crippen molar-refractivity contribution in [2.45, 2.75) is 25.2 Å². The molecule has 0 saturated heterocycles. The third kappa shape index (κ3) is 3.59. The molecule has 0 aliphatic carbocycles. The number of sulfonamides is 1. The van der Waals surface area contributed by atoms with E-state index < -0.39 is 15.9 Å². The van der Waals surface area contributed by atoms with E-state index in [1.165, 1.54) is 11.4 Å². The minimum atomic E-state index is -4.19. The molecule has 1 aliphatic rings. The van der Waals surface area contributed by atoms with Crippen LogP contribution in [0.5, 0.6) is 11.5 Å². The first kappa shape index (κ1) is 22.1. The van der Waals surface area contributed by atoms with Gasteiger partial charge in [-0.3, -0.25) is 4.79 Å². The predicted octanol–water partition coefficient (Wildman–Crippen LogP) is 3.43. The van der Waals surface area contributed by atoms with Crippen LogP contribution in [-0.4, -0.2) is 26.3 Å². The number of carbonyl (C=O) groups is 1. The summed E-state index contributed by atoms with van der Waals surface area (Å²) < 4.78 is 40.4. The zero-order valence-corrected chi connectivity index (χ0v) is 19.1. The van der Waals surface area contributed by atoms with E-state index in [-0.39, 0.29) is 39.6 Å². The number of primary sulfonamides is 1. The number of nitrogens with zero attached hydrogens (tertiary/aromatic N) is 3. The molecule has 4 rings (SSSR count). The maximum Gasteiger partial charge on any atom is 0.276 e. The highest BCUT2D eigenvalue weighted by Gasteiger charge is 2.35. The quantitative estimate of drug-likeness (QED) is 0.566. The van der Waals surface area contributed by atoms with Crippen molar-refractivity contribution in [3.8, 4) is 17.6 Å². The molecule has 0 unspecified atom stereocenters. The van der Waals surface area contributed by atoms with Gasteiger partial charge < -0.3 is 14.0 Å². The second-order valence-electron chi connectivity index (χ2n) is 6.76. The van der Waals surface area contributed by atoms with Crippen molar-refractivity contribution in [2.75, 3.05) is 11.7 Å². The summed E-state index contributed by atoms with van der Waals surface area (Å²) in [5, 5.41) is 20.0. The van der Waals surface area contributed by atoms with Crippen LogP contribution in [0.1, 0.15) is 26.5 Å². The largest absolute Gasteiger partial charge is 0.454 e. The first-order chi connectivity index (χ1) is 15.1. The SMILES string of the molecule is Cc1noc(N(C(=O)c2sccc2S(N)(=O)=O)c2c(CC#N)cc3c(c2C)OCO3)c1Cl. The Balaban J connectivity index is 2.02. The van der Waals surface area contributed by atoms with Gasteiger partial charge in [-0.15, -0.1) is 11.3 Å². The minimum Gasteiger partial charge on any atom is -0.454 e. The fourth-order valence-corrected chi connectivity index (χ4v) is 5.41. The highest BCUT2D eigenvalue weighted by atomic mass is 35.5. The summed E-state index contributed by atoms with van der Waals surface area (Å²) in [6.07, 6.45) is -0.0895. The Hall–Kier alpha value is -3.11. The number of aryl methyl sites for hydroxylation is 1. The number of thiophene rings is 1. The molecule has 166 valence electrons. The van der Waals surface area contributed by atoms with Gasteiger partial charge in [-0.2, -0.15) is 5.26 Å². The molecule has 1 amide bonds. The van der Waals surface area contributed by atoms with Crippen LogP contribution in [0.25, 0.3) is 0 Å². The van der Waals surface area contributed by atoms with Crippen molar-refractivity contribution in [2.24, 2.45) is 5.14 Å². The average Bonchev–Trinajstić information content (AvgIpc) is 3.46. The fourth-order valence-electron chi connectivity index (χ4n) is 3.35. The lowest BCUT2D eigenvalue weighted by atomic mass is 10.0. The molecule has 1 aliphatic heterocycles. The number of anilines is 2. The molecular weight excluding hydrogens is 480 g/mol. The number of nitriles is 1. The van der Waals surface area contributed by atoms with E-state index in [0.717, 1.165) is 16.2 Å². The molecule has 3 heterocycles. The molecule has 13 heteroatoms. The van der Waals surface area contributed by atoms with Gasteiger partial charge in [-0.05, 0) is 36.9 Å². The molecule has 2 aromatic heterocycles. The summed E-state index contributed by atoms with van der Waals surface area (Å²) >= 11 is 7.27. The summed E-state index contributed by atoms with van der Waals surface area (Å²) in [6, 6.07) is 4.87. The summed E-state index contributed by atoms with van der Waals surface area (Å²) in [7, 11) is -4.19. The number of ether oxygens (including phenoxy) is 2. The van der Waals surface area contributed by atoms with Gasteiger partial charge in [-0.25, -0.2) is 18.5 Å². The van der Waals surface area contributed by atoms with E-state index in [1.54, 1.807) is 19.9 Å². The van der Waals surface area contributed by atoms with Crippen LogP contribution in [0.15, 0.2) is 26.9 Å². The van der Waals surface area contributed by atoms with Crippen molar-refractivity contribution in [1.29, 1.82) is 5.26 Å². The highest BCUT2D eigenvalue weighted by molar-refractivity contribution is 7.89. The number of hydrogen-bond acceptors (Lipinski definition) is 9. The second-order valence-corrected chi connectivity index (χ2v) is 9.59. The topological polar surface area (TPSA) is 149 Å². The number of nitrogens with two attached hydrogens (primary N) is 1. The van der Waals surface area contributed by atoms with Crippen molar-refractivity contribution in [3.05, 3.63) is 44.2 Å². The number of amides is 1. The summed E-state index contributed by atoms with van der Waals surface area (Å²) in [5.41, 5.74) is 1.45. The van der Waals surface area contributed by atoms with Crippen LogP contribution in [0.3, 0.4) is 0 Å². The van der Waals surface area contributed by atoms with Gasteiger partial charge in [0.15, 0.2) is 11.5 Å². The Labute approximate surface area is 191 Å². The summed E-state index contributed by atoms with van der Waals surface area (Å²) in [5.74, 6) is -0.109. The number of carbonyl (C=O) groups excluding carboxylic acids is 1. The minimum absolute atomic E-state index is 0.0256. The van der Waals surface area contributed by atoms with Crippen LogP contribution < -0.4 is 19.5 Å². The Bertz CT molecular complexity index is 1390. The van der Waals surface area contributed by atoms with Gasteiger partial charge in [-0.1, -0.05) is 16.8 Å². The molecule has 0 saturated carbocycles. The average molecular weight is 495 g/mol. The molecule has 0 fully saturated rings. The molecule has 10 nitrogen and oxygen atoms in total. The molecule has 0 bridgehead atoms. The van der Waals surface area contributed by atoms with Gasteiger partial charge in [0.2, 0.25) is 16.8 Å². The van der Waals surface area contributed by atoms with Crippen LogP contribution in [-0.2, 0) is 16.4 Å². The Kier molecular flexibility index (Phi) is 5.59. The zero-order valence-electron chi connectivity index (χ0n) is 16.7. The Morgan fingerprint density at radius 1 is 1.41 bits per heavy atom. The molecule has 0 atom stereocenters. The van der Waals surface area contributed by atoms with Crippen molar-refractivity contribution in [3.63, 3.8) is 0 Å². The second kappa shape index (κ2) is 8.10. The Morgan fingerprint density at radius 3 is 2.78 bits per heavy atom. The van der Waals surface area contributed by atoms with E-state index >= 15 is 0 Å². The first-order valence-electron chi connectivity index (χ1n) is 9.00. The van der Waals surface area contributed by atoms with Gasteiger partial charge in [0.1, 0.15) is 20.5 Å². The molecule has 1 aromatic carbocycles. The number of aromatic nitrogens is 1. The van der Waals surface area contributed by atoms with E-state index in [0.29, 0.717) is 28.3 Å². The van der Waals surface area contributed by atoms with Gasteiger partial charge >= 0.3 is 0 Å². The van der Waals surface area contributed by atoms with Crippen molar-refractivity contribution < 1.29 is 27.2 Å². The van der Waals surface area contributed by atoms with Crippen LogP contribution in [0, 0.1) is 25.2 Å². The van der Waals surface area contributed by atoms with Gasteiger partial charge in [0, 0.05) is 5.56 Å². The number of rotatable bonds is 5. The normalized spacial score (nSPS) is 12.6. The maximum atomic E-state index is 13.8. The summed E-state index contributed by atoms with van der Waals surface area (Å²) in [6.45, 7) is 3.24. The van der Waals surface area contributed by atoms with E-state index in [4.69, 9.17) is 30.7 Å². The number of fused-ring (bicyclic) bond motifs is 1. The third-order valence-electron chi connectivity index (χ3n) is 4.75. The molecule has 0 radical (unpaired) electrons. The van der Waals surface area contributed by atoms with Crippen LogP contribution in [0.4, 0.5) is 11.6 Å². The third-order valence-corrected chi connectivity index (χ3v) is 7.17. The monoisotopic (exact) mass is 494 g/mol. The van der Waals surface area contributed by atoms with E-state index in [9.17, 15) is 18.5 Å². The fraction of sp³-hybridized carbons (Fsp3) is 0.211. The molecular formula is C19H15ClN4O6S2. The molecule has 3 aromatic rings. The van der Waals surface area contributed by atoms with E-state index in [1.807, 2.05) is 0 Å². The van der Waals surface area contributed by atoms with Crippen LogP contribution >= 0.6 is 22.9 Å². The summed E-state index contributed by atoms with van der Waals surface area (Å²) in [4.78, 5) is 14.4. The van der Waals surface area contributed by atoms with Gasteiger partial charge in [0.25, 0.3) is 11.8 Å². The molecule has 0 spiro atoms. The maximum absolute atomic E-state index is 13.8. The van der Waals surface area contributed by atoms with Gasteiger partial charge in [0.05, 0.1) is 18.2 Å². The predicted molar refractivity (Wildman–Crippen MR) is 115 cm³/mol.